The van der Waals surface area contributed by atoms with Crippen molar-refractivity contribution in [1.82, 2.24) is 0 Å². The third-order valence-corrected chi connectivity index (χ3v) is 9.65. The van der Waals surface area contributed by atoms with Crippen molar-refractivity contribution in [2.75, 3.05) is 92.5 Å². The summed E-state index contributed by atoms with van der Waals surface area (Å²) in [6.07, 6.45) is 0.267. The van der Waals surface area contributed by atoms with E-state index in [-0.39, 0.29) is 17.4 Å². The van der Waals surface area contributed by atoms with Crippen molar-refractivity contribution >= 4 is 14.3 Å². The van der Waals surface area contributed by atoms with Crippen molar-refractivity contribution in [2.24, 2.45) is 0 Å². The first-order valence-corrected chi connectivity index (χ1v) is 14.9. The molecule has 0 aliphatic heterocycles. The quantitative estimate of drug-likeness (QED) is 0.120. The molecule has 0 unspecified atom stereocenters. The number of esters is 1. The van der Waals surface area contributed by atoms with Gasteiger partial charge in [0.15, 0.2) is 8.32 Å². The zero-order valence-corrected chi connectivity index (χ0v) is 22.8. The Kier molecular flexibility index (Phi) is 20.4. The predicted octanol–water partition coefficient (Wildman–Crippen LogP) is 3.06. The number of carbonyl (C=O) groups excluding carboxylic acids is 1. The number of ether oxygens (including phenoxy) is 7. The van der Waals surface area contributed by atoms with Crippen LogP contribution in [0.4, 0.5) is 0 Å². The molecule has 0 amide bonds. The maximum atomic E-state index is 11.1. The molecule has 0 aromatic carbocycles. The smallest absolute Gasteiger partial charge is 0.308 e. The van der Waals surface area contributed by atoms with Crippen molar-refractivity contribution in [3.05, 3.63) is 0 Å². The Bertz CT molecular complexity index is 456. The van der Waals surface area contributed by atoms with E-state index < -0.39 is 8.32 Å². The van der Waals surface area contributed by atoms with Crippen LogP contribution >= 0.6 is 0 Å². The molecule has 0 spiro atoms. The van der Waals surface area contributed by atoms with Gasteiger partial charge in [-0.15, -0.1) is 0 Å². The molecule has 198 valence electrons. The maximum Gasteiger partial charge on any atom is 0.308 e. The standard InChI is InChI=1S/C23H48O9Si/c1-7-31-22(24)8-9-25-10-11-26-12-13-27-14-15-28-16-17-29-18-19-30-20-21-32-33(5,6)23(2,3)4/h7-21H2,1-6H3. The van der Waals surface area contributed by atoms with E-state index in [4.69, 9.17) is 37.6 Å². The highest BCUT2D eigenvalue weighted by molar-refractivity contribution is 6.74. The minimum atomic E-state index is -1.69. The monoisotopic (exact) mass is 496 g/mol. The summed E-state index contributed by atoms with van der Waals surface area (Å²) in [6.45, 7) is 20.0. The van der Waals surface area contributed by atoms with Crippen molar-refractivity contribution in [2.45, 2.75) is 52.2 Å². The summed E-state index contributed by atoms with van der Waals surface area (Å²) in [5, 5.41) is 0.221. The molecule has 0 N–H and O–H groups in total. The average molecular weight is 497 g/mol. The second kappa shape index (κ2) is 20.8. The first-order valence-electron chi connectivity index (χ1n) is 12.0. The zero-order chi connectivity index (χ0) is 24.8. The molecule has 10 heteroatoms. The molecule has 33 heavy (non-hydrogen) atoms. The van der Waals surface area contributed by atoms with E-state index in [2.05, 4.69) is 33.9 Å². The van der Waals surface area contributed by atoms with Gasteiger partial charge in [0.2, 0.25) is 0 Å². The summed E-state index contributed by atoms with van der Waals surface area (Å²) in [4.78, 5) is 11.1. The second-order valence-electron chi connectivity index (χ2n) is 8.84. The third kappa shape index (κ3) is 20.5. The van der Waals surface area contributed by atoms with Crippen LogP contribution in [0.3, 0.4) is 0 Å². The first kappa shape index (κ1) is 32.4. The molecule has 0 aliphatic rings. The molecule has 0 bridgehead atoms. The Morgan fingerprint density at radius 3 is 1.27 bits per heavy atom. The Hall–Kier alpha value is -0.593. The Morgan fingerprint density at radius 1 is 0.606 bits per heavy atom. The Morgan fingerprint density at radius 2 is 0.939 bits per heavy atom. The number of carbonyl (C=O) groups is 1. The molecule has 0 atom stereocenters. The normalized spacial score (nSPS) is 12.3. The highest BCUT2D eigenvalue weighted by Crippen LogP contribution is 2.36. The largest absolute Gasteiger partial charge is 0.466 e. The van der Waals surface area contributed by atoms with Crippen LogP contribution in [0.1, 0.15) is 34.1 Å². The van der Waals surface area contributed by atoms with Crippen molar-refractivity contribution < 1.29 is 42.4 Å². The minimum Gasteiger partial charge on any atom is -0.466 e. The Labute approximate surface area is 201 Å². The summed E-state index contributed by atoms with van der Waals surface area (Å²) in [5.74, 6) is -0.243. The fourth-order valence-corrected chi connectivity index (χ4v) is 3.19. The molecule has 0 heterocycles. The molecule has 9 nitrogen and oxygen atoms in total. The summed E-state index contributed by atoms with van der Waals surface area (Å²) in [7, 11) is -1.69. The lowest BCUT2D eigenvalue weighted by molar-refractivity contribution is -0.144. The Balaban J connectivity index is 3.20. The summed E-state index contributed by atoms with van der Waals surface area (Å²) < 4.78 is 43.4. The van der Waals surface area contributed by atoms with E-state index in [1.165, 1.54) is 0 Å². The van der Waals surface area contributed by atoms with Crippen LogP contribution in [0, 0.1) is 0 Å². The van der Waals surface area contributed by atoms with Crippen LogP contribution in [0.25, 0.3) is 0 Å². The molecule has 0 saturated carbocycles. The SMILES string of the molecule is CCOC(=O)CCOCCOCCOCCOCCOCCOCCO[Si](C)(C)C(C)(C)C. The van der Waals surface area contributed by atoms with Gasteiger partial charge < -0.3 is 37.6 Å². The van der Waals surface area contributed by atoms with Gasteiger partial charge in [-0.2, -0.15) is 0 Å². The van der Waals surface area contributed by atoms with Crippen LogP contribution < -0.4 is 0 Å². The van der Waals surface area contributed by atoms with Gasteiger partial charge in [-0.05, 0) is 25.1 Å². The van der Waals surface area contributed by atoms with Crippen LogP contribution in [0.15, 0.2) is 0 Å². The van der Waals surface area contributed by atoms with Gasteiger partial charge in [-0.1, -0.05) is 20.8 Å². The summed E-state index contributed by atoms with van der Waals surface area (Å²) in [5.41, 5.74) is 0. The number of hydrogen-bond donors (Lipinski definition) is 0. The maximum absolute atomic E-state index is 11.1. The lowest BCUT2D eigenvalue weighted by Gasteiger charge is -2.36. The van der Waals surface area contributed by atoms with E-state index in [1.54, 1.807) is 6.92 Å². The third-order valence-electron chi connectivity index (χ3n) is 5.11. The molecule has 0 radical (unpaired) electrons. The highest BCUT2D eigenvalue weighted by atomic mass is 28.4. The molecule has 0 aromatic heterocycles. The molecule has 0 fully saturated rings. The van der Waals surface area contributed by atoms with Gasteiger partial charge in [-0.25, -0.2) is 0 Å². The minimum absolute atomic E-state index is 0.221. The van der Waals surface area contributed by atoms with E-state index in [0.29, 0.717) is 92.5 Å². The van der Waals surface area contributed by atoms with Crippen LogP contribution in [-0.2, 0) is 42.4 Å². The van der Waals surface area contributed by atoms with E-state index >= 15 is 0 Å². The van der Waals surface area contributed by atoms with Crippen LogP contribution in [-0.4, -0.2) is 107 Å². The predicted molar refractivity (Wildman–Crippen MR) is 129 cm³/mol. The van der Waals surface area contributed by atoms with E-state index in [1.807, 2.05) is 0 Å². The molecule has 0 saturated heterocycles. The summed E-state index contributed by atoms with van der Waals surface area (Å²) >= 11 is 0. The average Bonchev–Trinajstić information content (AvgIpc) is 2.74. The zero-order valence-electron chi connectivity index (χ0n) is 21.8. The lowest BCUT2D eigenvalue weighted by Crippen LogP contribution is -2.41. The van der Waals surface area contributed by atoms with Crippen LogP contribution in [0.2, 0.25) is 18.1 Å². The molecule has 0 rings (SSSR count). The topological polar surface area (TPSA) is 90.9 Å². The van der Waals surface area contributed by atoms with Crippen molar-refractivity contribution in [1.29, 1.82) is 0 Å². The number of hydrogen-bond acceptors (Lipinski definition) is 9. The number of rotatable bonds is 23. The van der Waals surface area contributed by atoms with Crippen molar-refractivity contribution in [3.8, 4) is 0 Å². The van der Waals surface area contributed by atoms with E-state index in [0.717, 1.165) is 0 Å². The first-order chi connectivity index (χ1) is 15.7. The fourth-order valence-electron chi connectivity index (χ4n) is 2.16. The second-order valence-corrected chi connectivity index (χ2v) is 13.6. The van der Waals surface area contributed by atoms with Gasteiger partial charge in [-0.3, -0.25) is 4.79 Å². The molecule has 0 aliphatic carbocycles. The fraction of sp³-hybridized carbons (Fsp3) is 0.957. The van der Waals surface area contributed by atoms with Gasteiger partial charge >= 0.3 is 5.97 Å². The van der Waals surface area contributed by atoms with Crippen LogP contribution in [0.5, 0.6) is 0 Å². The van der Waals surface area contributed by atoms with Gasteiger partial charge in [0.1, 0.15) is 0 Å². The van der Waals surface area contributed by atoms with Gasteiger partial charge in [0.25, 0.3) is 0 Å². The lowest BCUT2D eigenvalue weighted by atomic mass is 10.2. The summed E-state index contributed by atoms with van der Waals surface area (Å²) in [6, 6.07) is 0. The highest BCUT2D eigenvalue weighted by Gasteiger charge is 2.36. The molecular weight excluding hydrogens is 448 g/mol. The van der Waals surface area contributed by atoms with Gasteiger partial charge in [0.05, 0.1) is 98.9 Å². The van der Waals surface area contributed by atoms with Crippen molar-refractivity contribution in [3.63, 3.8) is 0 Å². The van der Waals surface area contributed by atoms with E-state index in [9.17, 15) is 4.79 Å². The van der Waals surface area contributed by atoms with Gasteiger partial charge in [0, 0.05) is 0 Å². The molecule has 0 aromatic rings. The molecular formula is C23H48O9Si.